The Morgan fingerprint density at radius 2 is 1.57 bits per heavy atom. The van der Waals surface area contributed by atoms with Gasteiger partial charge < -0.3 is 25.4 Å². The van der Waals surface area contributed by atoms with Crippen LogP contribution < -0.4 is 16.0 Å². The second kappa shape index (κ2) is 18.9. The third-order valence-electron chi connectivity index (χ3n) is 8.66. The molecule has 0 unspecified atom stereocenters. The molecular formula is C42H47N5O5S. The van der Waals surface area contributed by atoms with E-state index in [4.69, 9.17) is 4.74 Å². The summed E-state index contributed by atoms with van der Waals surface area (Å²) < 4.78 is 5.42. The van der Waals surface area contributed by atoms with Crippen LogP contribution in [0.15, 0.2) is 109 Å². The maximum absolute atomic E-state index is 13.6. The molecule has 10 nitrogen and oxygen atoms in total. The predicted octanol–water partition coefficient (Wildman–Crippen LogP) is 7.09. The molecule has 0 bridgehead atoms. The molecule has 1 heterocycles. The fourth-order valence-corrected chi connectivity index (χ4v) is 6.60. The Labute approximate surface area is 315 Å². The molecule has 276 valence electrons. The number of aryl methyl sites for hydroxylation is 1. The van der Waals surface area contributed by atoms with Gasteiger partial charge in [-0.2, -0.15) is 0 Å². The Morgan fingerprint density at radius 3 is 2.25 bits per heavy atom. The standard InChI is InChI=1S/C42H47N5O5S/c1-28(2)35-18-32(19-36(22-35)45-42(51)52-26-31-14-9-6-10-15-31)23-43-24-38(48)37(20-30-12-7-5-8-13-30)46-40(49)33-16-11-17-34(21-33)41(50)47(4)25-39-44-29(3)27-53-39/h5-19,21-22,27-28,37-38,43,48H,20,23-26H2,1-4H3,(H,45,51)(H,46,49)/t37-,38+/m0/s1. The van der Waals surface area contributed by atoms with Gasteiger partial charge in [-0.15, -0.1) is 11.3 Å². The lowest BCUT2D eigenvalue weighted by atomic mass is 9.99. The van der Waals surface area contributed by atoms with Crippen LogP contribution in [0.1, 0.15) is 73.4 Å². The summed E-state index contributed by atoms with van der Waals surface area (Å²) >= 11 is 1.50. The van der Waals surface area contributed by atoms with Gasteiger partial charge in [0.1, 0.15) is 11.6 Å². The summed E-state index contributed by atoms with van der Waals surface area (Å²) in [5.74, 6) is -0.401. The van der Waals surface area contributed by atoms with Crippen molar-refractivity contribution in [2.45, 2.75) is 65.0 Å². The number of ether oxygens (including phenoxy) is 1. The normalized spacial score (nSPS) is 12.2. The summed E-state index contributed by atoms with van der Waals surface area (Å²) in [6, 6.07) is 31.0. The molecule has 5 aromatic rings. The van der Waals surface area contributed by atoms with Crippen molar-refractivity contribution in [1.82, 2.24) is 20.5 Å². The van der Waals surface area contributed by atoms with Crippen molar-refractivity contribution in [2.75, 3.05) is 18.9 Å². The Bertz CT molecular complexity index is 1970. The zero-order valence-electron chi connectivity index (χ0n) is 30.5. The van der Waals surface area contributed by atoms with Gasteiger partial charge in [-0.3, -0.25) is 14.9 Å². The molecule has 0 radical (unpaired) electrons. The Balaban J connectivity index is 1.22. The monoisotopic (exact) mass is 733 g/mol. The first-order chi connectivity index (χ1) is 25.5. The number of aromatic nitrogens is 1. The molecule has 0 fully saturated rings. The molecule has 1 aromatic heterocycles. The number of carbonyl (C=O) groups is 3. The number of nitrogens with one attached hydrogen (secondary N) is 3. The molecule has 5 rings (SSSR count). The summed E-state index contributed by atoms with van der Waals surface area (Å²) in [5.41, 5.74) is 6.05. The van der Waals surface area contributed by atoms with Gasteiger partial charge in [0.25, 0.3) is 11.8 Å². The van der Waals surface area contributed by atoms with E-state index in [1.165, 1.54) is 11.3 Å². The van der Waals surface area contributed by atoms with Crippen LogP contribution in [0.2, 0.25) is 0 Å². The number of aliphatic hydroxyl groups excluding tert-OH is 1. The van der Waals surface area contributed by atoms with Gasteiger partial charge in [0, 0.05) is 48.0 Å². The number of benzene rings is 4. The molecule has 4 N–H and O–H groups in total. The van der Waals surface area contributed by atoms with Gasteiger partial charge >= 0.3 is 6.09 Å². The average Bonchev–Trinajstić information content (AvgIpc) is 3.57. The molecule has 2 atom stereocenters. The fraction of sp³-hybridized carbons (Fsp3) is 0.286. The van der Waals surface area contributed by atoms with E-state index in [0.717, 1.165) is 33.0 Å². The van der Waals surface area contributed by atoms with Crippen LogP contribution in [0.3, 0.4) is 0 Å². The molecule has 0 aliphatic heterocycles. The Kier molecular flexibility index (Phi) is 13.9. The number of amides is 3. The molecule has 53 heavy (non-hydrogen) atoms. The van der Waals surface area contributed by atoms with Crippen molar-refractivity contribution >= 4 is 34.9 Å². The number of anilines is 1. The lowest BCUT2D eigenvalue weighted by Crippen LogP contribution is -2.48. The van der Waals surface area contributed by atoms with Crippen LogP contribution >= 0.6 is 11.3 Å². The molecule has 0 aliphatic rings. The number of aliphatic hydroxyl groups is 1. The zero-order chi connectivity index (χ0) is 37.7. The summed E-state index contributed by atoms with van der Waals surface area (Å²) in [7, 11) is 1.71. The van der Waals surface area contributed by atoms with Crippen LogP contribution in [0, 0.1) is 6.92 Å². The van der Waals surface area contributed by atoms with Gasteiger partial charge in [0.05, 0.1) is 18.7 Å². The minimum atomic E-state index is -0.948. The average molecular weight is 734 g/mol. The van der Waals surface area contributed by atoms with Crippen molar-refractivity contribution in [3.63, 3.8) is 0 Å². The van der Waals surface area contributed by atoms with Crippen molar-refractivity contribution in [1.29, 1.82) is 0 Å². The number of thiazole rings is 1. The van der Waals surface area contributed by atoms with E-state index in [-0.39, 0.29) is 25.0 Å². The second-order valence-corrected chi connectivity index (χ2v) is 14.3. The van der Waals surface area contributed by atoms with Gasteiger partial charge in [0.2, 0.25) is 0 Å². The molecule has 3 amide bonds. The zero-order valence-corrected chi connectivity index (χ0v) is 31.4. The number of hydrogen-bond donors (Lipinski definition) is 4. The molecule has 11 heteroatoms. The molecule has 0 aliphatic carbocycles. The lowest BCUT2D eigenvalue weighted by Gasteiger charge is -2.25. The van der Waals surface area contributed by atoms with E-state index in [1.54, 1.807) is 36.2 Å². The molecule has 0 saturated heterocycles. The van der Waals surface area contributed by atoms with Gasteiger partial charge in [0.15, 0.2) is 0 Å². The fourth-order valence-electron chi connectivity index (χ4n) is 5.78. The van der Waals surface area contributed by atoms with E-state index in [9.17, 15) is 19.5 Å². The third-order valence-corrected chi connectivity index (χ3v) is 9.61. The smallest absolute Gasteiger partial charge is 0.411 e. The highest BCUT2D eigenvalue weighted by Gasteiger charge is 2.24. The van der Waals surface area contributed by atoms with Crippen molar-refractivity contribution in [3.8, 4) is 0 Å². The second-order valence-electron chi connectivity index (χ2n) is 13.4. The van der Waals surface area contributed by atoms with Crippen LogP contribution in [0.4, 0.5) is 10.5 Å². The van der Waals surface area contributed by atoms with E-state index in [2.05, 4.69) is 40.8 Å². The van der Waals surface area contributed by atoms with Crippen molar-refractivity contribution < 1.29 is 24.2 Å². The maximum Gasteiger partial charge on any atom is 0.411 e. The first kappa shape index (κ1) is 38.9. The SMILES string of the molecule is Cc1csc(CN(C)C(=O)c2cccc(C(=O)N[C@@H](Cc3ccccc3)[C@H](O)CNCc3cc(NC(=O)OCc4ccccc4)cc(C(C)C)c3)c2)n1. The molecule has 0 saturated carbocycles. The summed E-state index contributed by atoms with van der Waals surface area (Å²) in [4.78, 5) is 45.5. The Morgan fingerprint density at radius 1 is 0.868 bits per heavy atom. The first-order valence-corrected chi connectivity index (χ1v) is 18.5. The highest BCUT2D eigenvalue weighted by atomic mass is 32.1. The molecule has 0 spiro atoms. The van der Waals surface area contributed by atoms with Crippen LogP contribution in [0.5, 0.6) is 0 Å². The maximum atomic E-state index is 13.6. The van der Waals surface area contributed by atoms with Crippen LogP contribution in [-0.4, -0.2) is 58.6 Å². The van der Waals surface area contributed by atoms with Gasteiger partial charge in [-0.05, 0) is 71.8 Å². The molecular weight excluding hydrogens is 687 g/mol. The van der Waals surface area contributed by atoms with E-state index < -0.39 is 24.1 Å². The Hall–Kier alpha value is -5.36. The number of carbonyl (C=O) groups excluding carboxylic acids is 3. The number of nitrogens with zero attached hydrogens (tertiary/aromatic N) is 2. The number of hydrogen-bond acceptors (Lipinski definition) is 8. The van der Waals surface area contributed by atoms with E-state index >= 15 is 0 Å². The van der Waals surface area contributed by atoms with Crippen LogP contribution in [-0.2, 0) is 30.9 Å². The minimum Gasteiger partial charge on any atom is -0.444 e. The van der Waals surface area contributed by atoms with Gasteiger partial charge in [-0.1, -0.05) is 86.6 Å². The topological polar surface area (TPSA) is 133 Å². The minimum absolute atomic E-state index is 0.165. The van der Waals surface area contributed by atoms with E-state index in [1.807, 2.05) is 85.1 Å². The highest BCUT2D eigenvalue weighted by Crippen LogP contribution is 2.22. The van der Waals surface area contributed by atoms with Crippen LogP contribution in [0.25, 0.3) is 0 Å². The lowest BCUT2D eigenvalue weighted by molar-refractivity contribution is 0.0784. The quantitative estimate of drug-likeness (QED) is 0.0852. The van der Waals surface area contributed by atoms with Crippen molar-refractivity contribution in [3.05, 3.63) is 153 Å². The largest absolute Gasteiger partial charge is 0.444 e. The first-order valence-electron chi connectivity index (χ1n) is 17.7. The molecule has 4 aromatic carbocycles. The summed E-state index contributed by atoms with van der Waals surface area (Å²) in [6.45, 7) is 7.21. The number of rotatable bonds is 16. The summed E-state index contributed by atoms with van der Waals surface area (Å²) in [6.07, 6.45) is -1.10. The highest BCUT2D eigenvalue weighted by molar-refractivity contribution is 7.09. The van der Waals surface area contributed by atoms with Crippen molar-refractivity contribution in [2.24, 2.45) is 0 Å². The van der Waals surface area contributed by atoms with Gasteiger partial charge in [-0.25, -0.2) is 9.78 Å². The summed E-state index contributed by atoms with van der Waals surface area (Å²) in [5, 5.41) is 23.4. The van der Waals surface area contributed by atoms with E-state index in [0.29, 0.717) is 36.3 Å². The third kappa shape index (κ3) is 11.8. The predicted molar refractivity (Wildman–Crippen MR) is 209 cm³/mol.